The maximum absolute atomic E-state index is 13.2. The van der Waals surface area contributed by atoms with E-state index in [2.05, 4.69) is 10.3 Å². The number of hydrogen-bond acceptors (Lipinski definition) is 4. The van der Waals surface area contributed by atoms with E-state index in [1.54, 1.807) is 20.0 Å². The number of carbonyl (C=O) groups excluding carboxylic acids is 1. The molecule has 22 heavy (non-hydrogen) atoms. The molecule has 0 aliphatic heterocycles. The smallest absolute Gasteiger partial charge is 0.266 e. The second-order valence-corrected chi connectivity index (χ2v) is 5.86. The van der Waals surface area contributed by atoms with Crippen molar-refractivity contribution in [1.82, 2.24) is 9.55 Å². The monoisotopic (exact) mass is 317 g/mol. The lowest BCUT2D eigenvalue weighted by Crippen LogP contribution is -2.17. The van der Waals surface area contributed by atoms with Gasteiger partial charge in [-0.25, -0.2) is 9.37 Å². The zero-order chi connectivity index (χ0) is 15.9. The average molecular weight is 317 g/mol. The maximum atomic E-state index is 13.2. The molecule has 0 spiro atoms. The van der Waals surface area contributed by atoms with Gasteiger partial charge >= 0.3 is 0 Å². The van der Waals surface area contributed by atoms with Crippen LogP contribution < -0.4 is 10.9 Å². The molecule has 0 fully saturated rings. The lowest BCUT2D eigenvalue weighted by Gasteiger charge is -2.04. The number of carbonyl (C=O) groups is 1. The molecule has 0 aliphatic rings. The van der Waals surface area contributed by atoms with Crippen LogP contribution in [-0.4, -0.2) is 15.5 Å². The number of halogens is 1. The molecule has 112 valence electrons. The minimum atomic E-state index is -0.429. The van der Waals surface area contributed by atoms with Crippen LogP contribution in [0.3, 0.4) is 0 Å². The maximum Gasteiger partial charge on any atom is 0.266 e. The van der Waals surface area contributed by atoms with Crippen LogP contribution in [0.2, 0.25) is 0 Å². The van der Waals surface area contributed by atoms with E-state index in [0.29, 0.717) is 26.3 Å². The van der Waals surface area contributed by atoms with E-state index in [1.165, 1.54) is 29.1 Å². The molecule has 0 saturated heterocycles. The fraction of sp³-hybridized carbons (Fsp3) is 0.133. The first-order valence-corrected chi connectivity index (χ1v) is 7.30. The first-order valence-electron chi connectivity index (χ1n) is 6.49. The SMILES string of the molecule is Cc1c(C(=O)Nc2cccc(F)c2)sc2ncn(C)c(=O)c12. The highest BCUT2D eigenvalue weighted by Crippen LogP contribution is 2.27. The van der Waals surface area contributed by atoms with E-state index in [9.17, 15) is 14.0 Å². The molecule has 0 aliphatic carbocycles. The molecule has 7 heteroatoms. The zero-order valence-corrected chi connectivity index (χ0v) is 12.7. The summed E-state index contributed by atoms with van der Waals surface area (Å²) in [6, 6.07) is 5.65. The standard InChI is InChI=1S/C15H12FN3O2S/c1-8-11-14(17-7-19(2)15(11)21)22-12(8)13(20)18-10-5-3-4-9(16)6-10/h3-7H,1-2H3,(H,18,20). The first kappa shape index (κ1) is 14.4. The Morgan fingerprint density at radius 3 is 2.91 bits per heavy atom. The quantitative estimate of drug-likeness (QED) is 0.790. The van der Waals surface area contributed by atoms with Crippen LogP contribution in [0.25, 0.3) is 10.2 Å². The van der Waals surface area contributed by atoms with E-state index < -0.39 is 5.82 Å². The lowest BCUT2D eigenvalue weighted by molar-refractivity contribution is 0.103. The second kappa shape index (κ2) is 5.34. The highest BCUT2D eigenvalue weighted by Gasteiger charge is 2.19. The van der Waals surface area contributed by atoms with Crippen molar-refractivity contribution in [1.29, 1.82) is 0 Å². The number of aryl methyl sites for hydroxylation is 2. The minimum absolute atomic E-state index is 0.191. The molecule has 0 unspecified atom stereocenters. The van der Waals surface area contributed by atoms with Gasteiger partial charge in [-0.3, -0.25) is 9.59 Å². The molecule has 5 nitrogen and oxygen atoms in total. The highest BCUT2D eigenvalue weighted by molar-refractivity contribution is 7.20. The van der Waals surface area contributed by atoms with Crippen molar-refractivity contribution in [3.63, 3.8) is 0 Å². The zero-order valence-electron chi connectivity index (χ0n) is 11.9. The molecular formula is C15H12FN3O2S. The summed E-state index contributed by atoms with van der Waals surface area (Å²) in [6.45, 7) is 1.71. The highest BCUT2D eigenvalue weighted by atomic mass is 32.1. The molecular weight excluding hydrogens is 305 g/mol. The average Bonchev–Trinajstić information content (AvgIpc) is 2.81. The number of nitrogens with one attached hydrogen (secondary N) is 1. The van der Waals surface area contributed by atoms with Gasteiger partial charge in [0.1, 0.15) is 10.6 Å². The second-order valence-electron chi connectivity index (χ2n) is 4.86. The van der Waals surface area contributed by atoms with Crippen molar-refractivity contribution >= 4 is 33.1 Å². The summed E-state index contributed by atoms with van der Waals surface area (Å²) < 4.78 is 14.5. The molecule has 2 aromatic heterocycles. The van der Waals surface area contributed by atoms with Gasteiger partial charge in [0.05, 0.1) is 16.6 Å². The Labute approximate surface area is 129 Å². The molecule has 0 atom stereocenters. The third-order valence-corrected chi connectivity index (χ3v) is 4.50. The van der Waals surface area contributed by atoms with E-state index in [-0.39, 0.29) is 11.5 Å². The third kappa shape index (κ3) is 2.39. The minimum Gasteiger partial charge on any atom is -0.321 e. The summed E-state index contributed by atoms with van der Waals surface area (Å²) >= 11 is 1.15. The van der Waals surface area contributed by atoms with Crippen LogP contribution in [-0.2, 0) is 7.05 Å². The summed E-state index contributed by atoms with van der Waals surface area (Å²) in [6.07, 6.45) is 1.43. The third-order valence-electron chi connectivity index (χ3n) is 3.30. The van der Waals surface area contributed by atoms with Gasteiger partial charge in [0.2, 0.25) is 0 Å². The van der Waals surface area contributed by atoms with E-state index >= 15 is 0 Å². The van der Waals surface area contributed by atoms with Gasteiger partial charge in [0.25, 0.3) is 11.5 Å². The van der Waals surface area contributed by atoms with Gasteiger partial charge < -0.3 is 9.88 Å². The Morgan fingerprint density at radius 2 is 2.18 bits per heavy atom. The molecule has 1 N–H and O–H groups in total. The summed E-state index contributed by atoms with van der Waals surface area (Å²) in [4.78, 5) is 29.6. The van der Waals surface area contributed by atoms with Gasteiger partial charge in [-0.1, -0.05) is 6.07 Å². The Kier molecular flexibility index (Phi) is 3.50. The van der Waals surface area contributed by atoms with E-state index in [0.717, 1.165) is 11.3 Å². The summed E-state index contributed by atoms with van der Waals surface area (Å²) in [5.41, 5.74) is 0.758. The summed E-state index contributed by atoms with van der Waals surface area (Å²) in [5, 5.41) is 3.07. The van der Waals surface area contributed by atoms with Crippen molar-refractivity contribution in [3.8, 4) is 0 Å². The van der Waals surface area contributed by atoms with Crippen molar-refractivity contribution < 1.29 is 9.18 Å². The molecule has 0 radical (unpaired) electrons. The van der Waals surface area contributed by atoms with Crippen molar-refractivity contribution in [2.45, 2.75) is 6.92 Å². The van der Waals surface area contributed by atoms with E-state index in [4.69, 9.17) is 0 Å². The number of thiophene rings is 1. The summed E-state index contributed by atoms with van der Waals surface area (Å²) in [5.74, 6) is -0.811. The van der Waals surface area contributed by atoms with Gasteiger partial charge in [-0.05, 0) is 30.7 Å². The first-order chi connectivity index (χ1) is 10.5. The Bertz CT molecular complexity index is 946. The molecule has 2 heterocycles. The number of anilines is 1. The molecule has 3 aromatic rings. The van der Waals surface area contributed by atoms with Crippen molar-refractivity contribution in [2.24, 2.45) is 7.05 Å². The number of nitrogens with zero attached hydrogens (tertiary/aromatic N) is 2. The van der Waals surface area contributed by atoms with Crippen LogP contribution in [0.4, 0.5) is 10.1 Å². The largest absolute Gasteiger partial charge is 0.321 e. The molecule has 3 rings (SSSR count). The molecule has 1 aromatic carbocycles. The van der Waals surface area contributed by atoms with Gasteiger partial charge in [0.15, 0.2) is 0 Å². The van der Waals surface area contributed by atoms with Gasteiger partial charge in [-0.15, -0.1) is 11.3 Å². The van der Waals surface area contributed by atoms with Crippen LogP contribution in [0, 0.1) is 12.7 Å². The number of benzene rings is 1. The lowest BCUT2D eigenvalue weighted by atomic mass is 10.2. The predicted molar refractivity (Wildman–Crippen MR) is 84.0 cm³/mol. The Hall–Kier alpha value is -2.54. The fourth-order valence-electron chi connectivity index (χ4n) is 2.18. The van der Waals surface area contributed by atoms with Crippen LogP contribution >= 0.6 is 11.3 Å². The van der Waals surface area contributed by atoms with Crippen molar-refractivity contribution in [3.05, 3.63) is 57.2 Å². The van der Waals surface area contributed by atoms with Gasteiger partial charge in [-0.2, -0.15) is 0 Å². The Morgan fingerprint density at radius 1 is 1.41 bits per heavy atom. The summed E-state index contributed by atoms with van der Waals surface area (Å²) in [7, 11) is 1.61. The number of aromatic nitrogens is 2. The van der Waals surface area contributed by atoms with Crippen LogP contribution in [0.15, 0.2) is 35.4 Å². The fourth-order valence-corrected chi connectivity index (χ4v) is 3.21. The molecule has 0 bridgehead atoms. The number of fused-ring (bicyclic) bond motifs is 1. The van der Waals surface area contributed by atoms with Crippen LogP contribution in [0.5, 0.6) is 0 Å². The Balaban J connectivity index is 2.03. The molecule has 0 saturated carbocycles. The molecule has 1 amide bonds. The normalized spacial score (nSPS) is 10.9. The predicted octanol–water partition coefficient (Wildman–Crippen LogP) is 2.69. The van der Waals surface area contributed by atoms with Crippen molar-refractivity contribution in [2.75, 3.05) is 5.32 Å². The van der Waals surface area contributed by atoms with E-state index in [1.807, 2.05) is 0 Å². The van der Waals surface area contributed by atoms with Crippen LogP contribution in [0.1, 0.15) is 15.2 Å². The van der Waals surface area contributed by atoms with Gasteiger partial charge in [0, 0.05) is 12.7 Å². The number of rotatable bonds is 2. The number of amides is 1. The topological polar surface area (TPSA) is 64.0 Å². The number of hydrogen-bond donors (Lipinski definition) is 1.